The van der Waals surface area contributed by atoms with Gasteiger partial charge in [0.1, 0.15) is 18.2 Å². The highest BCUT2D eigenvalue weighted by Gasteiger charge is 2.29. The molecule has 3 rings (SSSR count). The van der Waals surface area contributed by atoms with Crippen LogP contribution in [-0.2, 0) is 9.53 Å². The van der Waals surface area contributed by atoms with Gasteiger partial charge in [0.25, 0.3) is 5.91 Å². The third kappa shape index (κ3) is 6.72. The van der Waals surface area contributed by atoms with Gasteiger partial charge in [-0.1, -0.05) is 13.0 Å². The van der Waals surface area contributed by atoms with Crippen LogP contribution in [0.4, 0.5) is 20.6 Å². The number of nitrogens with zero attached hydrogens (tertiary/aromatic N) is 2. The van der Waals surface area contributed by atoms with Gasteiger partial charge in [-0.2, -0.15) is 0 Å². The highest BCUT2D eigenvalue weighted by molar-refractivity contribution is 6.02. The summed E-state index contributed by atoms with van der Waals surface area (Å²) in [6, 6.07) is 9.44. The van der Waals surface area contributed by atoms with E-state index in [9.17, 15) is 18.8 Å². The number of hydrogen-bond donors (Lipinski definition) is 2. The Kier molecular flexibility index (Phi) is 8.87. The molecule has 36 heavy (non-hydrogen) atoms. The maximum Gasteiger partial charge on any atom is 0.323 e. The molecule has 1 aliphatic rings. The molecule has 0 radical (unpaired) electrons. The lowest BCUT2D eigenvalue weighted by Gasteiger charge is -2.35. The fraction of sp³-hybridized carbons (Fsp3) is 0.423. The number of nitrogens with one attached hydrogen (secondary N) is 2. The molecule has 3 atom stereocenters. The van der Waals surface area contributed by atoms with Crippen molar-refractivity contribution in [2.24, 2.45) is 5.92 Å². The normalized spacial score (nSPS) is 20.9. The SMILES string of the molecule is CO[C@@H]1CN(C)C(=O)c2cc(NC(=O)Nc3cccc(F)c3)ccc2OC[C@@H](C)N(C(C)=O)C[C@H]1C. The summed E-state index contributed by atoms with van der Waals surface area (Å²) in [5.41, 5.74) is 0.905. The van der Waals surface area contributed by atoms with Crippen LogP contribution in [-0.4, -0.2) is 73.6 Å². The number of methoxy groups -OCH3 is 1. The molecule has 2 aromatic carbocycles. The van der Waals surface area contributed by atoms with Crippen molar-refractivity contribution in [2.75, 3.05) is 44.5 Å². The van der Waals surface area contributed by atoms with Gasteiger partial charge in [0, 0.05) is 51.5 Å². The van der Waals surface area contributed by atoms with Crippen LogP contribution in [0.15, 0.2) is 42.5 Å². The van der Waals surface area contributed by atoms with Crippen LogP contribution < -0.4 is 15.4 Å². The predicted molar refractivity (Wildman–Crippen MR) is 135 cm³/mol. The minimum Gasteiger partial charge on any atom is -0.491 e. The molecule has 4 amide bonds. The van der Waals surface area contributed by atoms with E-state index in [4.69, 9.17) is 9.47 Å². The molecule has 0 unspecified atom stereocenters. The summed E-state index contributed by atoms with van der Waals surface area (Å²) in [6.45, 7) is 6.34. The summed E-state index contributed by atoms with van der Waals surface area (Å²) in [4.78, 5) is 41.4. The van der Waals surface area contributed by atoms with Crippen molar-refractivity contribution in [3.05, 3.63) is 53.8 Å². The molecule has 2 aromatic rings. The van der Waals surface area contributed by atoms with Gasteiger partial charge < -0.3 is 29.9 Å². The number of amides is 4. The highest BCUT2D eigenvalue weighted by atomic mass is 19.1. The quantitative estimate of drug-likeness (QED) is 0.668. The molecule has 0 aliphatic carbocycles. The number of likely N-dealkylation sites (N-methyl/N-ethyl adjacent to an activating group) is 1. The Bertz CT molecular complexity index is 1110. The maximum atomic E-state index is 13.4. The average Bonchev–Trinajstić information content (AvgIpc) is 2.83. The number of hydrogen-bond acceptors (Lipinski definition) is 5. The van der Waals surface area contributed by atoms with Gasteiger partial charge in [0.2, 0.25) is 5.91 Å². The molecule has 1 heterocycles. The zero-order valence-corrected chi connectivity index (χ0v) is 21.2. The van der Waals surface area contributed by atoms with Gasteiger partial charge in [0.05, 0.1) is 17.7 Å². The predicted octanol–water partition coefficient (Wildman–Crippen LogP) is 3.82. The highest BCUT2D eigenvalue weighted by Crippen LogP contribution is 2.26. The van der Waals surface area contributed by atoms with Gasteiger partial charge in [-0.15, -0.1) is 0 Å². The van der Waals surface area contributed by atoms with E-state index in [2.05, 4.69) is 10.6 Å². The number of halogens is 1. The van der Waals surface area contributed by atoms with E-state index < -0.39 is 11.8 Å². The van der Waals surface area contributed by atoms with Crippen LogP contribution in [0.1, 0.15) is 31.1 Å². The monoisotopic (exact) mass is 500 g/mol. The number of carbonyl (C=O) groups is 3. The number of anilines is 2. The van der Waals surface area contributed by atoms with Crippen LogP contribution >= 0.6 is 0 Å². The molecule has 0 saturated carbocycles. The van der Waals surface area contributed by atoms with Crippen LogP contribution in [0, 0.1) is 11.7 Å². The Morgan fingerprint density at radius 1 is 1.08 bits per heavy atom. The second kappa shape index (κ2) is 11.9. The van der Waals surface area contributed by atoms with Gasteiger partial charge >= 0.3 is 6.03 Å². The van der Waals surface area contributed by atoms with Crippen molar-refractivity contribution in [1.82, 2.24) is 9.80 Å². The Balaban J connectivity index is 1.88. The molecule has 2 N–H and O–H groups in total. The fourth-order valence-electron chi connectivity index (χ4n) is 4.15. The molecule has 0 aromatic heterocycles. The number of carbonyl (C=O) groups excluding carboxylic acids is 3. The first kappa shape index (κ1) is 26.9. The maximum absolute atomic E-state index is 13.4. The zero-order chi connectivity index (χ0) is 26.4. The lowest BCUT2D eigenvalue weighted by molar-refractivity contribution is -0.133. The molecular formula is C26H33FN4O5. The molecule has 10 heteroatoms. The van der Waals surface area contributed by atoms with E-state index in [1.165, 1.54) is 36.1 Å². The van der Waals surface area contributed by atoms with E-state index >= 15 is 0 Å². The van der Waals surface area contributed by atoms with Gasteiger partial charge in [-0.3, -0.25) is 9.59 Å². The van der Waals surface area contributed by atoms with Crippen LogP contribution in [0.25, 0.3) is 0 Å². The summed E-state index contributed by atoms with van der Waals surface area (Å²) < 4.78 is 25.1. The van der Waals surface area contributed by atoms with Gasteiger partial charge in [-0.25, -0.2) is 9.18 Å². The molecule has 0 fully saturated rings. The van der Waals surface area contributed by atoms with Gasteiger partial charge in [0.15, 0.2) is 0 Å². The van der Waals surface area contributed by atoms with Crippen molar-refractivity contribution in [2.45, 2.75) is 32.9 Å². The summed E-state index contributed by atoms with van der Waals surface area (Å²) in [5.74, 6) is -0.543. The standard InChI is InChI=1S/C26H33FN4O5/c1-16-13-31(18(3)32)17(2)15-36-23-10-9-21(12-22(23)25(33)30(4)14-24(16)35-5)29-26(34)28-20-8-6-7-19(27)11-20/h6-12,16-17,24H,13-15H2,1-5H3,(H2,28,29,34)/t16-,17-,24-/m1/s1. The summed E-state index contributed by atoms with van der Waals surface area (Å²) in [5, 5.41) is 5.22. The first-order valence-corrected chi connectivity index (χ1v) is 11.7. The summed E-state index contributed by atoms with van der Waals surface area (Å²) in [6.07, 6.45) is -0.296. The van der Waals surface area contributed by atoms with Crippen molar-refractivity contribution >= 4 is 29.2 Å². The van der Waals surface area contributed by atoms with Crippen molar-refractivity contribution in [1.29, 1.82) is 0 Å². The molecular weight excluding hydrogens is 467 g/mol. The molecule has 194 valence electrons. The zero-order valence-electron chi connectivity index (χ0n) is 21.2. The molecule has 0 spiro atoms. The van der Waals surface area contributed by atoms with E-state index in [0.29, 0.717) is 30.2 Å². The Morgan fingerprint density at radius 2 is 1.78 bits per heavy atom. The van der Waals surface area contributed by atoms with Gasteiger partial charge in [-0.05, 0) is 43.3 Å². The average molecular weight is 501 g/mol. The first-order chi connectivity index (χ1) is 17.1. The topological polar surface area (TPSA) is 100 Å². The molecule has 1 aliphatic heterocycles. The second-order valence-corrected chi connectivity index (χ2v) is 9.07. The number of rotatable bonds is 3. The van der Waals surface area contributed by atoms with Crippen LogP contribution in [0.5, 0.6) is 5.75 Å². The molecule has 0 saturated heterocycles. The lowest BCUT2D eigenvalue weighted by Crippen LogP contribution is -2.48. The number of ether oxygens (including phenoxy) is 2. The fourth-order valence-corrected chi connectivity index (χ4v) is 4.15. The largest absolute Gasteiger partial charge is 0.491 e. The van der Waals surface area contributed by atoms with E-state index in [1.807, 2.05) is 13.8 Å². The number of benzene rings is 2. The number of fused-ring (bicyclic) bond motifs is 1. The Morgan fingerprint density at radius 3 is 2.42 bits per heavy atom. The minimum absolute atomic E-state index is 0.0324. The van der Waals surface area contributed by atoms with E-state index in [1.54, 1.807) is 37.3 Å². The van der Waals surface area contributed by atoms with Crippen LogP contribution in [0.3, 0.4) is 0 Å². The Labute approximate surface area is 210 Å². The van der Waals surface area contributed by atoms with Crippen molar-refractivity contribution < 1.29 is 28.2 Å². The second-order valence-electron chi connectivity index (χ2n) is 9.07. The van der Waals surface area contributed by atoms with E-state index in [0.717, 1.165) is 0 Å². The third-order valence-electron chi connectivity index (χ3n) is 6.19. The number of urea groups is 1. The van der Waals surface area contributed by atoms with E-state index in [-0.39, 0.29) is 42.0 Å². The minimum atomic E-state index is -0.589. The van der Waals surface area contributed by atoms with Crippen molar-refractivity contribution in [3.63, 3.8) is 0 Å². The summed E-state index contributed by atoms with van der Waals surface area (Å²) in [7, 11) is 3.25. The lowest BCUT2D eigenvalue weighted by atomic mass is 10.0. The molecule has 0 bridgehead atoms. The first-order valence-electron chi connectivity index (χ1n) is 11.7. The smallest absolute Gasteiger partial charge is 0.323 e. The molecule has 9 nitrogen and oxygen atoms in total. The summed E-state index contributed by atoms with van der Waals surface area (Å²) >= 11 is 0. The Hall–Kier alpha value is -3.66. The van der Waals surface area contributed by atoms with Crippen molar-refractivity contribution in [3.8, 4) is 5.75 Å². The third-order valence-corrected chi connectivity index (χ3v) is 6.19. The van der Waals surface area contributed by atoms with Crippen LogP contribution in [0.2, 0.25) is 0 Å².